The van der Waals surface area contributed by atoms with Crippen molar-refractivity contribution in [1.82, 2.24) is 95.3 Å². The standard InChI is InChI=1S/C98H157N19O20/c1-28-60(17)78(84(126)101-48-69(119)100-49-70(120)106-74(56(9)10)85(127)103-65(46-62-39-33-30-34-40-62)68(118)52-117(51-64-43-37-32-38-44-64)93(135)105-66(45-53(3)4)81(123)107-72(54(5)6)80(99)122)112-92(134)98(26,27)115-88(130)77(59(15)16)108-82(124)67(47-63-41-35-31-36-42-63)104-90(132)97(24,25)116-89(131)79(61(18)29-2)110-86(128)75(57(11)12)109-87(129)76(58(13)14)111-91(133)96(22,23)114-71(121)50-102-83(125)73(55(7)8)113-94(136)137-95(19,20)21/h30-44,53-61,65-68,72-79,118H,28-29,45-52H2,1-27H3,(H2,99,122)(H,100,119)(H,101,126)(H,102,125)(H,103,127)(H,104,132)(H,105,135)(H,106,120)(H,107,123)(H,108,124)(H,109,129)(H,110,128)(H,111,133)(H,112,134)(H,113,136)(H,114,121)(H,115,130)(H,116,131)/t60-,61-,65-,66-,67-,68+,72-,73-,74-,75-,76-,77-,78-,79-/m0/s1. The molecular weight excluding hydrogens is 1760 g/mol. The number of aliphatic hydroxyl groups excluding tert-OH is 1. The molecule has 39 heteroatoms. The number of rotatable bonds is 54. The van der Waals surface area contributed by atoms with Crippen LogP contribution >= 0.6 is 0 Å². The molecule has 14 atom stereocenters. The highest BCUT2D eigenvalue weighted by atomic mass is 16.6. The molecule has 20 N–H and O–H groups in total. The zero-order valence-electron chi connectivity index (χ0n) is 85.1. The molecule has 137 heavy (non-hydrogen) atoms. The number of urea groups is 1. The van der Waals surface area contributed by atoms with Gasteiger partial charge in [0.25, 0.3) is 0 Å². The van der Waals surface area contributed by atoms with Crippen molar-refractivity contribution in [3.63, 3.8) is 0 Å². The van der Waals surface area contributed by atoms with E-state index in [0.717, 1.165) is 0 Å². The first-order valence-corrected chi connectivity index (χ1v) is 47.2. The quantitative estimate of drug-likeness (QED) is 0.0385. The highest BCUT2D eigenvalue weighted by molar-refractivity contribution is 6.02. The molecular formula is C98H157N19O20. The first-order valence-electron chi connectivity index (χ1n) is 47.2. The summed E-state index contributed by atoms with van der Waals surface area (Å²) in [5.41, 5.74) is 1.42. The van der Waals surface area contributed by atoms with Crippen LogP contribution in [0.3, 0.4) is 0 Å². The van der Waals surface area contributed by atoms with Gasteiger partial charge in [-0.3, -0.25) is 76.7 Å². The summed E-state index contributed by atoms with van der Waals surface area (Å²) in [5, 5.41) is 57.5. The molecule has 0 bridgehead atoms. The third-order valence-corrected chi connectivity index (χ3v) is 23.0. The van der Waals surface area contributed by atoms with Crippen molar-refractivity contribution in [2.75, 3.05) is 26.2 Å². The van der Waals surface area contributed by atoms with Gasteiger partial charge in [-0.05, 0) is 145 Å². The van der Waals surface area contributed by atoms with Crippen LogP contribution in [0.15, 0.2) is 91.0 Å². The molecule has 0 fully saturated rings. The van der Waals surface area contributed by atoms with Crippen molar-refractivity contribution < 1.29 is 96.1 Å². The second-order valence-electron chi connectivity index (χ2n) is 40.4. The minimum absolute atomic E-state index is 0.0465. The van der Waals surface area contributed by atoms with Gasteiger partial charge < -0.3 is 111 Å². The van der Waals surface area contributed by atoms with E-state index in [1.165, 1.54) is 46.4 Å². The summed E-state index contributed by atoms with van der Waals surface area (Å²) in [5.74, 6) is -17.1. The van der Waals surface area contributed by atoms with Crippen LogP contribution in [0.1, 0.15) is 223 Å². The van der Waals surface area contributed by atoms with E-state index in [1.807, 2.05) is 13.8 Å². The van der Waals surface area contributed by atoms with E-state index in [9.17, 15) is 91.4 Å². The van der Waals surface area contributed by atoms with E-state index in [2.05, 4.69) is 90.4 Å². The van der Waals surface area contributed by atoms with Gasteiger partial charge in [-0.2, -0.15) is 0 Å². The Morgan fingerprint density at radius 2 is 0.701 bits per heavy atom. The maximum absolute atomic E-state index is 14.8. The summed E-state index contributed by atoms with van der Waals surface area (Å²) in [7, 11) is 0. The molecule has 0 saturated heterocycles. The predicted octanol–water partition coefficient (Wildman–Crippen LogP) is 3.26. The number of amides is 19. The SMILES string of the molecule is CC[C@H](C)[C@H](NC(=O)[C@@H](NC(=O)[C@@H](NC(=O)C(C)(C)NC(=O)CNC(=O)[C@@H](NC(=O)OC(C)(C)C)C(C)C)C(C)C)C(C)C)C(=O)NC(C)(C)C(=O)N[C@@H](Cc1ccccc1)C(=O)N[C@H](C(=O)NC(C)(C)C(=O)N[C@H](C(=O)NCC(=O)NCC(=O)N[C@H](C(=O)N[C@@H](Cc1ccccc1)[C@H](O)CN(Cc1ccccc1)C(=O)N[C@@H](CC(C)C)C(=O)N[C@H](C(N)=O)C(C)C)C(C)C)[C@@H](C)CC)C(C)C. The van der Waals surface area contributed by atoms with Crippen LogP contribution in [0, 0.1) is 53.3 Å². The van der Waals surface area contributed by atoms with E-state index >= 15 is 0 Å². The van der Waals surface area contributed by atoms with Crippen molar-refractivity contribution >= 4 is 107 Å². The Morgan fingerprint density at radius 1 is 0.350 bits per heavy atom. The second kappa shape index (κ2) is 55.2. The molecule has 39 nitrogen and oxygen atoms in total. The van der Waals surface area contributed by atoms with E-state index in [1.54, 1.807) is 223 Å². The van der Waals surface area contributed by atoms with Gasteiger partial charge in [0.05, 0.1) is 38.3 Å². The number of primary amides is 1. The van der Waals surface area contributed by atoms with Gasteiger partial charge in [-0.15, -0.1) is 0 Å². The molecule has 0 aliphatic rings. The molecule has 0 aliphatic heterocycles. The molecule has 0 radical (unpaired) electrons. The lowest BCUT2D eigenvalue weighted by Gasteiger charge is -2.34. The fourth-order valence-electron chi connectivity index (χ4n) is 14.2. The highest BCUT2D eigenvalue weighted by Crippen LogP contribution is 2.22. The van der Waals surface area contributed by atoms with Crippen LogP contribution in [0.5, 0.6) is 0 Å². The normalized spacial score (nSPS) is 14.9. The fourth-order valence-corrected chi connectivity index (χ4v) is 14.2. The third-order valence-electron chi connectivity index (χ3n) is 23.0. The van der Waals surface area contributed by atoms with Crippen molar-refractivity contribution in [2.45, 2.75) is 320 Å². The lowest BCUT2D eigenvalue weighted by Crippen LogP contribution is -2.65. The molecule has 0 heterocycles. The van der Waals surface area contributed by atoms with Crippen LogP contribution < -0.4 is 96.1 Å². The summed E-state index contributed by atoms with van der Waals surface area (Å²) >= 11 is 0. The van der Waals surface area contributed by atoms with E-state index in [-0.39, 0.29) is 44.2 Å². The summed E-state index contributed by atoms with van der Waals surface area (Å²) in [6.07, 6.45) is -1.56. The number of carbonyl (C=O) groups excluding carboxylic acids is 18. The predicted molar refractivity (Wildman–Crippen MR) is 518 cm³/mol. The molecule has 0 saturated carbocycles. The summed E-state index contributed by atoms with van der Waals surface area (Å²) in [4.78, 5) is 252. The van der Waals surface area contributed by atoms with Crippen LogP contribution in [0.2, 0.25) is 0 Å². The molecule has 3 rings (SSSR count). The molecule has 0 unspecified atom stereocenters. The number of nitrogens with two attached hydrogens (primary N) is 1. The Kier molecular flexibility index (Phi) is 47.9. The number of benzene rings is 3. The van der Waals surface area contributed by atoms with Gasteiger partial charge >= 0.3 is 12.1 Å². The summed E-state index contributed by atoms with van der Waals surface area (Å²) in [6, 6.07) is 12.0. The van der Waals surface area contributed by atoms with Gasteiger partial charge in [0.15, 0.2) is 0 Å². The van der Waals surface area contributed by atoms with Crippen molar-refractivity contribution in [3.8, 4) is 0 Å². The number of hydrogen-bond donors (Lipinski definition) is 19. The van der Waals surface area contributed by atoms with E-state index < -0.39 is 262 Å². The van der Waals surface area contributed by atoms with Crippen LogP contribution in [0.4, 0.5) is 9.59 Å². The molecule has 0 spiro atoms. The Labute approximate surface area is 807 Å². The Hall–Kier alpha value is -12.3. The maximum Gasteiger partial charge on any atom is 0.408 e. The van der Waals surface area contributed by atoms with Gasteiger partial charge in [0.1, 0.15) is 82.6 Å². The topological polar surface area (TPSA) is 570 Å². The van der Waals surface area contributed by atoms with Gasteiger partial charge in [0, 0.05) is 13.0 Å². The van der Waals surface area contributed by atoms with Gasteiger partial charge in [-0.1, -0.05) is 228 Å². The number of ether oxygens (including phenoxy) is 1. The van der Waals surface area contributed by atoms with Crippen molar-refractivity contribution in [3.05, 3.63) is 108 Å². The number of hydrogen-bond acceptors (Lipinski definition) is 20. The maximum atomic E-state index is 14.8. The Morgan fingerprint density at radius 3 is 1.15 bits per heavy atom. The minimum atomic E-state index is -1.83. The molecule has 3 aromatic rings. The van der Waals surface area contributed by atoms with Gasteiger partial charge in [0.2, 0.25) is 94.5 Å². The fraction of sp³-hybridized carbons (Fsp3) is 0.633. The molecule has 764 valence electrons. The first-order chi connectivity index (χ1) is 63.6. The summed E-state index contributed by atoms with van der Waals surface area (Å²) < 4.78 is 5.28. The van der Waals surface area contributed by atoms with Crippen molar-refractivity contribution in [1.29, 1.82) is 0 Å². The lowest BCUT2D eigenvalue weighted by molar-refractivity contribution is -0.139. The number of nitrogens with one attached hydrogen (secondary N) is 17. The lowest BCUT2D eigenvalue weighted by atomic mass is 9.94. The van der Waals surface area contributed by atoms with Crippen LogP contribution in [-0.2, 0) is 101 Å². The number of carbonyl (C=O) groups is 18. The second-order valence-corrected chi connectivity index (χ2v) is 40.4. The Bertz CT molecular complexity index is 4560. The number of aliphatic hydroxyl groups is 1. The average Bonchev–Trinajstić information content (AvgIpc) is 0.816. The van der Waals surface area contributed by atoms with Crippen molar-refractivity contribution in [2.24, 2.45) is 59.0 Å². The van der Waals surface area contributed by atoms with E-state index in [4.69, 9.17) is 10.5 Å². The molecule has 0 aliphatic carbocycles. The van der Waals surface area contributed by atoms with Crippen LogP contribution in [0.25, 0.3) is 0 Å². The molecule has 3 aromatic carbocycles. The minimum Gasteiger partial charge on any atom is -0.444 e. The first kappa shape index (κ1) is 119. The monoisotopic (exact) mass is 1920 g/mol. The number of nitrogens with zero attached hydrogens (tertiary/aromatic N) is 1. The van der Waals surface area contributed by atoms with Gasteiger partial charge in [-0.25, -0.2) is 9.59 Å². The molecule has 0 aromatic heterocycles. The Balaban J connectivity index is 1.76. The average molecular weight is 1920 g/mol. The molecule has 19 amide bonds. The largest absolute Gasteiger partial charge is 0.444 e. The zero-order chi connectivity index (χ0) is 104. The van der Waals surface area contributed by atoms with Crippen LogP contribution in [-0.4, -0.2) is 238 Å². The summed E-state index contributed by atoms with van der Waals surface area (Å²) in [6.45, 7) is 41.4. The zero-order valence-corrected chi connectivity index (χ0v) is 85.1. The smallest absolute Gasteiger partial charge is 0.408 e. The van der Waals surface area contributed by atoms with E-state index in [0.29, 0.717) is 29.5 Å². The third kappa shape index (κ3) is 40.5. The number of alkyl carbamates (subject to hydrolysis) is 1. The highest BCUT2D eigenvalue weighted by Gasteiger charge is 2.44.